The van der Waals surface area contributed by atoms with Gasteiger partial charge in [-0.3, -0.25) is 19.0 Å². The van der Waals surface area contributed by atoms with Gasteiger partial charge in [-0.25, -0.2) is 9.97 Å². The average Bonchev–Trinajstić information content (AvgIpc) is 3.40. The molecular formula is C23H22N6O3. The molecule has 0 aliphatic heterocycles. The van der Waals surface area contributed by atoms with Crippen LogP contribution in [0.1, 0.15) is 28.3 Å². The SMILES string of the molecule is Cc1ncc(C(=O)NC(CCc2c[nH]c3ccccc23)C(=O)C(N)=O)n1-c1ccccn1. The van der Waals surface area contributed by atoms with Crippen molar-refractivity contribution in [2.75, 3.05) is 0 Å². The summed E-state index contributed by atoms with van der Waals surface area (Å²) in [5.74, 6) is -1.41. The highest BCUT2D eigenvalue weighted by atomic mass is 16.2. The van der Waals surface area contributed by atoms with Crippen molar-refractivity contribution in [1.82, 2.24) is 24.8 Å². The number of pyridine rings is 1. The number of hydrogen-bond donors (Lipinski definition) is 3. The minimum absolute atomic E-state index is 0.204. The third-order valence-corrected chi connectivity index (χ3v) is 5.29. The molecular weight excluding hydrogens is 408 g/mol. The Hall–Kier alpha value is -4.27. The van der Waals surface area contributed by atoms with Crippen molar-refractivity contribution in [3.8, 4) is 5.82 Å². The van der Waals surface area contributed by atoms with Crippen molar-refractivity contribution in [3.05, 3.63) is 78.1 Å². The number of aryl methyl sites for hydroxylation is 2. The second-order valence-electron chi connectivity index (χ2n) is 7.37. The topological polar surface area (TPSA) is 136 Å². The molecule has 0 fully saturated rings. The third-order valence-electron chi connectivity index (χ3n) is 5.29. The normalized spacial score (nSPS) is 11.9. The predicted molar refractivity (Wildman–Crippen MR) is 118 cm³/mol. The summed E-state index contributed by atoms with van der Waals surface area (Å²) >= 11 is 0. The number of carbonyl (C=O) groups is 3. The Bertz CT molecular complexity index is 1290. The number of aromatic nitrogens is 4. The van der Waals surface area contributed by atoms with Crippen molar-refractivity contribution in [2.45, 2.75) is 25.8 Å². The van der Waals surface area contributed by atoms with Crippen molar-refractivity contribution in [3.63, 3.8) is 0 Å². The first-order valence-corrected chi connectivity index (χ1v) is 10.1. The molecule has 9 heteroatoms. The van der Waals surface area contributed by atoms with Crippen LogP contribution >= 0.6 is 0 Å². The Balaban J connectivity index is 1.57. The lowest BCUT2D eigenvalue weighted by atomic mass is 10.0. The molecule has 3 aromatic heterocycles. The number of fused-ring (bicyclic) bond motifs is 1. The molecule has 1 atom stereocenters. The van der Waals surface area contributed by atoms with Crippen LogP contribution in [0.25, 0.3) is 16.7 Å². The molecule has 3 heterocycles. The Labute approximate surface area is 183 Å². The molecule has 0 spiro atoms. The highest BCUT2D eigenvalue weighted by Gasteiger charge is 2.27. The van der Waals surface area contributed by atoms with Crippen LogP contribution in [0.4, 0.5) is 0 Å². The zero-order valence-electron chi connectivity index (χ0n) is 17.4. The number of carbonyl (C=O) groups excluding carboxylic acids is 3. The number of imidazole rings is 1. The highest BCUT2D eigenvalue weighted by Crippen LogP contribution is 2.20. The predicted octanol–water partition coefficient (Wildman–Crippen LogP) is 1.84. The first kappa shape index (κ1) is 21.0. The van der Waals surface area contributed by atoms with Crippen LogP contribution in [0, 0.1) is 6.92 Å². The number of hydrogen-bond acceptors (Lipinski definition) is 5. The number of ketones is 1. The van der Waals surface area contributed by atoms with Gasteiger partial charge < -0.3 is 16.0 Å². The van der Waals surface area contributed by atoms with Gasteiger partial charge in [0.25, 0.3) is 11.8 Å². The van der Waals surface area contributed by atoms with E-state index in [0.717, 1.165) is 16.5 Å². The van der Waals surface area contributed by atoms with Gasteiger partial charge in [-0.2, -0.15) is 0 Å². The molecule has 1 aromatic carbocycles. The summed E-state index contributed by atoms with van der Waals surface area (Å²) in [6.45, 7) is 1.74. The number of nitrogens with zero attached hydrogens (tertiary/aromatic N) is 3. The van der Waals surface area contributed by atoms with Gasteiger partial charge >= 0.3 is 0 Å². The van der Waals surface area contributed by atoms with Crippen LogP contribution in [0.3, 0.4) is 0 Å². The Morgan fingerprint density at radius 1 is 1.12 bits per heavy atom. The molecule has 4 aromatic rings. The second-order valence-corrected chi connectivity index (χ2v) is 7.37. The number of aromatic amines is 1. The molecule has 0 radical (unpaired) electrons. The zero-order valence-corrected chi connectivity index (χ0v) is 17.4. The Morgan fingerprint density at radius 3 is 2.66 bits per heavy atom. The maximum absolute atomic E-state index is 13.1. The first-order valence-electron chi connectivity index (χ1n) is 10.1. The van der Waals surface area contributed by atoms with Gasteiger partial charge in [0.1, 0.15) is 17.3 Å². The standard InChI is InChI=1S/C23H22N6O3/c1-14-26-13-19(29(14)20-8-4-5-11-25-20)23(32)28-18(21(30)22(24)31)10-9-15-12-27-17-7-3-2-6-16(15)17/h2-8,11-13,18,27H,9-10H2,1H3,(H2,24,31)(H,28,32). The van der Waals surface area contributed by atoms with E-state index in [-0.39, 0.29) is 12.1 Å². The van der Waals surface area contributed by atoms with E-state index in [1.54, 1.807) is 35.9 Å². The minimum Gasteiger partial charge on any atom is -0.363 e. The van der Waals surface area contributed by atoms with Gasteiger partial charge in [0.15, 0.2) is 0 Å². The zero-order chi connectivity index (χ0) is 22.7. The molecule has 0 aliphatic rings. The maximum atomic E-state index is 13.1. The quantitative estimate of drug-likeness (QED) is 0.367. The third kappa shape index (κ3) is 4.13. The van der Waals surface area contributed by atoms with Gasteiger partial charge in [0.2, 0.25) is 5.78 Å². The van der Waals surface area contributed by atoms with Crippen LogP contribution < -0.4 is 11.1 Å². The molecule has 162 valence electrons. The van der Waals surface area contributed by atoms with Crippen LogP contribution in [-0.2, 0) is 16.0 Å². The molecule has 0 saturated carbocycles. The number of benzene rings is 1. The molecule has 1 unspecified atom stereocenters. The summed E-state index contributed by atoms with van der Waals surface area (Å²) in [4.78, 5) is 48.8. The minimum atomic E-state index is -1.09. The maximum Gasteiger partial charge on any atom is 0.287 e. The molecule has 0 aliphatic carbocycles. The number of H-pyrrole nitrogens is 1. The molecule has 4 N–H and O–H groups in total. The lowest BCUT2D eigenvalue weighted by Gasteiger charge is -2.17. The van der Waals surface area contributed by atoms with E-state index >= 15 is 0 Å². The van der Waals surface area contributed by atoms with Gasteiger partial charge in [0.05, 0.1) is 12.2 Å². The lowest BCUT2D eigenvalue weighted by molar-refractivity contribution is -0.137. The van der Waals surface area contributed by atoms with Crippen LogP contribution in [0.5, 0.6) is 0 Å². The Morgan fingerprint density at radius 2 is 1.91 bits per heavy atom. The van der Waals surface area contributed by atoms with Gasteiger partial charge in [-0.1, -0.05) is 24.3 Å². The lowest BCUT2D eigenvalue weighted by Crippen LogP contribution is -2.46. The molecule has 2 amide bonds. The Kier molecular flexibility index (Phi) is 5.80. The summed E-state index contributed by atoms with van der Waals surface area (Å²) in [5, 5.41) is 3.68. The summed E-state index contributed by atoms with van der Waals surface area (Å²) in [6, 6.07) is 12.0. The summed E-state index contributed by atoms with van der Waals surface area (Å²) < 4.78 is 1.58. The fourth-order valence-corrected chi connectivity index (χ4v) is 3.69. The summed E-state index contributed by atoms with van der Waals surface area (Å²) in [6.07, 6.45) is 5.55. The van der Waals surface area contributed by atoms with Crippen molar-refractivity contribution in [1.29, 1.82) is 0 Å². The van der Waals surface area contributed by atoms with E-state index in [0.29, 0.717) is 18.1 Å². The second kappa shape index (κ2) is 8.84. The largest absolute Gasteiger partial charge is 0.363 e. The molecule has 32 heavy (non-hydrogen) atoms. The van der Waals surface area contributed by atoms with Crippen molar-refractivity contribution in [2.24, 2.45) is 5.73 Å². The van der Waals surface area contributed by atoms with Gasteiger partial charge in [-0.15, -0.1) is 0 Å². The number of nitrogens with one attached hydrogen (secondary N) is 2. The first-order chi connectivity index (χ1) is 15.5. The van der Waals surface area contributed by atoms with E-state index in [2.05, 4.69) is 20.3 Å². The van der Waals surface area contributed by atoms with E-state index in [1.807, 2.05) is 30.5 Å². The molecule has 9 nitrogen and oxygen atoms in total. The van der Waals surface area contributed by atoms with E-state index < -0.39 is 23.6 Å². The smallest absolute Gasteiger partial charge is 0.287 e. The molecule has 4 rings (SSSR count). The number of primary amides is 1. The fourth-order valence-electron chi connectivity index (χ4n) is 3.69. The van der Waals surface area contributed by atoms with Gasteiger partial charge in [-0.05, 0) is 43.5 Å². The van der Waals surface area contributed by atoms with Crippen molar-refractivity contribution < 1.29 is 14.4 Å². The number of amides is 2. The number of Topliss-reactive ketones (excluding diaryl/α,β-unsaturated/α-hetero) is 1. The van der Waals surface area contributed by atoms with Gasteiger partial charge in [0, 0.05) is 23.3 Å². The molecule has 0 bridgehead atoms. The molecule has 0 saturated heterocycles. The van der Waals surface area contributed by atoms with Crippen LogP contribution in [0.2, 0.25) is 0 Å². The van der Waals surface area contributed by atoms with Crippen LogP contribution in [-0.4, -0.2) is 43.2 Å². The van der Waals surface area contributed by atoms with Crippen LogP contribution in [0.15, 0.2) is 61.1 Å². The average molecular weight is 430 g/mol. The summed E-state index contributed by atoms with van der Waals surface area (Å²) in [7, 11) is 0. The highest BCUT2D eigenvalue weighted by molar-refractivity contribution is 6.38. The van der Waals surface area contributed by atoms with E-state index in [9.17, 15) is 14.4 Å². The van der Waals surface area contributed by atoms with Crippen molar-refractivity contribution >= 4 is 28.5 Å². The van der Waals surface area contributed by atoms with E-state index in [1.165, 1.54) is 6.20 Å². The fraction of sp³-hybridized carbons (Fsp3) is 0.174. The monoisotopic (exact) mass is 430 g/mol. The number of para-hydroxylation sites is 1. The van der Waals surface area contributed by atoms with E-state index in [4.69, 9.17) is 5.73 Å². The number of nitrogens with two attached hydrogens (primary N) is 1. The number of rotatable bonds is 8. The summed E-state index contributed by atoms with van der Waals surface area (Å²) in [5.41, 5.74) is 7.40.